The molecule has 1 saturated carbocycles. The van der Waals surface area contributed by atoms with Crippen LogP contribution < -0.4 is 5.32 Å². The summed E-state index contributed by atoms with van der Waals surface area (Å²) in [5.74, 6) is 0. The molecule has 0 aromatic carbocycles. The van der Waals surface area contributed by atoms with Crippen molar-refractivity contribution < 1.29 is 4.74 Å². The highest BCUT2D eigenvalue weighted by atomic mass is 16.5. The highest BCUT2D eigenvalue weighted by Crippen LogP contribution is 2.25. The van der Waals surface area contributed by atoms with Crippen LogP contribution in [0.25, 0.3) is 0 Å². The first-order valence-corrected chi connectivity index (χ1v) is 6.60. The first-order chi connectivity index (χ1) is 7.90. The van der Waals surface area contributed by atoms with Gasteiger partial charge < -0.3 is 10.1 Å². The molecule has 3 heteroatoms. The normalized spacial score (nSPS) is 21.2. The number of rotatable bonds is 7. The summed E-state index contributed by atoms with van der Waals surface area (Å²) in [7, 11) is 0. The van der Waals surface area contributed by atoms with E-state index in [2.05, 4.69) is 23.2 Å². The lowest BCUT2D eigenvalue weighted by Gasteiger charge is -2.20. The van der Waals surface area contributed by atoms with Crippen molar-refractivity contribution in [1.29, 1.82) is 0 Å². The molecule has 1 N–H and O–H groups in total. The minimum absolute atomic E-state index is 0.827. The van der Waals surface area contributed by atoms with Crippen LogP contribution in [-0.4, -0.2) is 50.3 Å². The Morgan fingerprint density at radius 1 is 1.50 bits per heavy atom. The van der Waals surface area contributed by atoms with E-state index < -0.39 is 0 Å². The van der Waals surface area contributed by atoms with Crippen molar-refractivity contribution in [1.82, 2.24) is 10.2 Å². The molecule has 0 aromatic rings. The molecule has 0 atom stereocenters. The Morgan fingerprint density at radius 2 is 2.38 bits per heavy atom. The van der Waals surface area contributed by atoms with E-state index in [1.54, 1.807) is 0 Å². The summed E-state index contributed by atoms with van der Waals surface area (Å²) in [6.45, 7) is 8.47. The fourth-order valence-corrected chi connectivity index (χ4v) is 2.24. The van der Waals surface area contributed by atoms with Crippen LogP contribution in [0.3, 0.4) is 0 Å². The number of ether oxygens (including phenoxy) is 1. The van der Waals surface area contributed by atoms with E-state index in [4.69, 9.17) is 4.74 Å². The molecule has 0 bridgehead atoms. The molecule has 1 aliphatic heterocycles. The minimum Gasteiger partial charge on any atom is -0.377 e. The SMILES string of the molecule is CCN(CCNCC1=CCCOC1)C1CC1. The molecule has 2 rings (SSSR count). The fourth-order valence-electron chi connectivity index (χ4n) is 2.24. The van der Waals surface area contributed by atoms with Crippen molar-refractivity contribution in [3.63, 3.8) is 0 Å². The highest BCUT2D eigenvalue weighted by molar-refractivity contribution is 5.06. The van der Waals surface area contributed by atoms with Gasteiger partial charge in [-0.05, 0) is 31.4 Å². The van der Waals surface area contributed by atoms with Gasteiger partial charge in [-0.25, -0.2) is 0 Å². The summed E-state index contributed by atoms with van der Waals surface area (Å²) in [5.41, 5.74) is 1.42. The van der Waals surface area contributed by atoms with Crippen LogP contribution in [0.4, 0.5) is 0 Å². The number of nitrogens with one attached hydrogen (secondary N) is 1. The molecule has 0 radical (unpaired) electrons. The molecule has 0 saturated heterocycles. The van der Waals surface area contributed by atoms with E-state index in [0.29, 0.717) is 0 Å². The Balaban J connectivity index is 1.55. The Bertz CT molecular complexity index is 236. The lowest BCUT2D eigenvalue weighted by atomic mass is 10.2. The Hall–Kier alpha value is -0.380. The maximum absolute atomic E-state index is 5.41. The molecule has 0 aromatic heterocycles. The van der Waals surface area contributed by atoms with E-state index in [-0.39, 0.29) is 0 Å². The molecule has 1 aliphatic carbocycles. The van der Waals surface area contributed by atoms with Gasteiger partial charge in [0.25, 0.3) is 0 Å². The molecule has 0 unspecified atom stereocenters. The largest absolute Gasteiger partial charge is 0.377 e. The first kappa shape index (κ1) is 12.1. The standard InChI is InChI=1S/C13H24N2O/c1-2-15(13-5-6-13)8-7-14-10-12-4-3-9-16-11-12/h4,13-14H,2-3,5-11H2,1H3. The maximum Gasteiger partial charge on any atom is 0.0689 e. The van der Waals surface area contributed by atoms with Crippen LogP contribution in [0, 0.1) is 0 Å². The smallest absolute Gasteiger partial charge is 0.0689 e. The fraction of sp³-hybridized carbons (Fsp3) is 0.846. The zero-order chi connectivity index (χ0) is 11.2. The number of nitrogens with zero attached hydrogens (tertiary/aromatic N) is 1. The second-order valence-corrected chi connectivity index (χ2v) is 4.74. The third kappa shape index (κ3) is 3.89. The zero-order valence-corrected chi connectivity index (χ0v) is 10.4. The third-order valence-corrected chi connectivity index (χ3v) is 3.38. The molecule has 2 aliphatic rings. The van der Waals surface area contributed by atoms with Gasteiger partial charge in [0.15, 0.2) is 0 Å². The van der Waals surface area contributed by atoms with Crippen LogP contribution >= 0.6 is 0 Å². The number of hydrogen-bond donors (Lipinski definition) is 1. The average molecular weight is 224 g/mol. The van der Waals surface area contributed by atoms with Gasteiger partial charge >= 0.3 is 0 Å². The summed E-state index contributed by atoms with van der Waals surface area (Å²) >= 11 is 0. The van der Waals surface area contributed by atoms with Gasteiger partial charge in [-0.15, -0.1) is 0 Å². The summed E-state index contributed by atoms with van der Waals surface area (Å²) in [5, 5.41) is 3.51. The Morgan fingerprint density at radius 3 is 3.00 bits per heavy atom. The van der Waals surface area contributed by atoms with Crippen molar-refractivity contribution in [3.8, 4) is 0 Å². The van der Waals surface area contributed by atoms with E-state index in [9.17, 15) is 0 Å². The lowest BCUT2D eigenvalue weighted by molar-refractivity contribution is 0.148. The van der Waals surface area contributed by atoms with Crippen molar-refractivity contribution >= 4 is 0 Å². The van der Waals surface area contributed by atoms with Gasteiger partial charge in [0, 0.05) is 25.7 Å². The minimum atomic E-state index is 0.827. The Kier molecular flexibility index (Phi) is 4.82. The van der Waals surface area contributed by atoms with E-state index in [1.807, 2.05) is 0 Å². The molecule has 0 spiro atoms. The van der Waals surface area contributed by atoms with Crippen molar-refractivity contribution in [2.75, 3.05) is 39.4 Å². The predicted molar refractivity (Wildman–Crippen MR) is 66.7 cm³/mol. The number of hydrogen-bond acceptors (Lipinski definition) is 3. The van der Waals surface area contributed by atoms with Crippen molar-refractivity contribution in [2.45, 2.75) is 32.2 Å². The average Bonchev–Trinajstić information content (AvgIpc) is 3.15. The topological polar surface area (TPSA) is 24.5 Å². The monoisotopic (exact) mass is 224 g/mol. The van der Waals surface area contributed by atoms with Crippen LogP contribution in [-0.2, 0) is 4.74 Å². The van der Waals surface area contributed by atoms with Crippen LogP contribution in [0.2, 0.25) is 0 Å². The van der Waals surface area contributed by atoms with Gasteiger partial charge in [-0.1, -0.05) is 13.0 Å². The third-order valence-electron chi connectivity index (χ3n) is 3.38. The second kappa shape index (κ2) is 6.38. The van der Waals surface area contributed by atoms with Gasteiger partial charge in [-0.2, -0.15) is 0 Å². The molecular formula is C13H24N2O. The molecule has 3 nitrogen and oxygen atoms in total. The second-order valence-electron chi connectivity index (χ2n) is 4.74. The van der Waals surface area contributed by atoms with Crippen molar-refractivity contribution in [3.05, 3.63) is 11.6 Å². The summed E-state index contributed by atoms with van der Waals surface area (Å²) in [6, 6.07) is 0.893. The molecule has 1 fully saturated rings. The quantitative estimate of drug-likeness (QED) is 0.523. The molecule has 92 valence electrons. The molecule has 1 heterocycles. The van der Waals surface area contributed by atoms with Gasteiger partial charge in [-0.3, -0.25) is 4.90 Å². The van der Waals surface area contributed by atoms with Gasteiger partial charge in [0.2, 0.25) is 0 Å². The zero-order valence-electron chi connectivity index (χ0n) is 10.4. The van der Waals surface area contributed by atoms with Crippen LogP contribution in [0.1, 0.15) is 26.2 Å². The van der Waals surface area contributed by atoms with Crippen molar-refractivity contribution in [2.24, 2.45) is 0 Å². The molecular weight excluding hydrogens is 200 g/mol. The van der Waals surface area contributed by atoms with Gasteiger partial charge in [0.1, 0.15) is 0 Å². The van der Waals surface area contributed by atoms with Gasteiger partial charge in [0.05, 0.1) is 13.2 Å². The van der Waals surface area contributed by atoms with Crippen LogP contribution in [0.5, 0.6) is 0 Å². The summed E-state index contributed by atoms with van der Waals surface area (Å²) < 4.78 is 5.41. The molecule has 16 heavy (non-hydrogen) atoms. The predicted octanol–water partition coefficient (Wildman–Crippen LogP) is 1.41. The lowest BCUT2D eigenvalue weighted by Crippen LogP contribution is -2.34. The van der Waals surface area contributed by atoms with E-state index in [1.165, 1.54) is 31.5 Å². The Labute approximate surface area is 98.8 Å². The summed E-state index contributed by atoms with van der Waals surface area (Å²) in [4.78, 5) is 2.58. The summed E-state index contributed by atoms with van der Waals surface area (Å²) in [6.07, 6.45) is 6.22. The highest BCUT2D eigenvalue weighted by Gasteiger charge is 2.26. The molecule has 0 amide bonds. The van der Waals surface area contributed by atoms with Crippen LogP contribution in [0.15, 0.2) is 11.6 Å². The first-order valence-electron chi connectivity index (χ1n) is 6.60. The van der Waals surface area contributed by atoms with E-state index >= 15 is 0 Å². The maximum atomic E-state index is 5.41. The van der Waals surface area contributed by atoms with E-state index in [0.717, 1.165) is 38.8 Å². The number of likely N-dealkylation sites (N-methyl/N-ethyl adjacent to an activating group) is 1.